The maximum absolute atomic E-state index is 11.5. The quantitative estimate of drug-likeness (QED) is 0.820. The summed E-state index contributed by atoms with van der Waals surface area (Å²) in [7, 11) is -3.13. The van der Waals surface area contributed by atoms with E-state index in [-0.39, 0.29) is 6.54 Å². The van der Waals surface area contributed by atoms with Crippen molar-refractivity contribution in [3.8, 4) is 0 Å². The molecule has 0 unspecified atom stereocenters. The van der Waals surface area contributed by atoms with Crippen LogP contribution in [0.4, 0.5) is 11.6 Å². The average Bonchev–Trinajstić information content (AvgIpc) is 2.18. The fraction of sp³-hybridized carbons (Fsp3) is 0.600. The van der Waals surface area contributed by atoms with Crippen LogP contribution < -0.4 is 11.1 Å². The van der Waals surface area contributed by atoms with Crippen molar-refractivity contribution in [2.45, 2.75) is 25.5 Å². The molecule has 1 heterocycles. The van der Waals surface area contributed by atoms with Gasteiger partial charge in [-0.15, -0.1) is 0 Å². The van der Waals surface area contributed by atoms with Gasteiger partial charge < -0.3 is 11.1 Å². The van der Waals surface area contributed by atoms with Crippen molar-refractivity contribution < 1.29 is 8.42 Å². The molecule has 3 N–H and O–H groups in total. The molecule has 1 aromatic heterocycles. The zero-order valence-electron chi connectivity index (χ0n) is 10.5. The zero-order chi connectivity index (χ0) is 13.3. The van der Waals surface area contributed by atoms with Crippen LogP contribution in [0.1, 0.15) is 19.4 Å². The number of nitrogens with one attached hydrogen (secondary N) is 1. The van der Waals surface area contributed by atoms with Crippen molar-refractivity contribution in [3.05, 3.63) is 11.9 Å². The first-order valence-electron chi connectivity index (χ1n) is 5.16. The molecule has 0 aliphatic rings. The van der Waals surface area contributed by atoms with Gasteiger partial charge in [0.25, 0.3) is 0 Å². The molecule has 0 saturated carbocycles. The van der Waals surface area contributed by atoms with Crippen molar-refractivity contribution >= 4 is 21.5 Å². The van der Waals surface area contributed by atoms with Crippen LogP contribution in [0.2, 0.25) is 0 Å². The molecule has 96 valence electrons. The van der Waals surface area contributed by atoms with Crippen LogP contribution in [-0.2, 0) is 9.84 Å². The summed E-state index contributed by atoms with van der Waals surface area (Å²) in [6, 6.07) is 0. The molecule has 0 aliphatic heterocycles. The van der Waals surface area contributed by atoms with E-state index in [1.54, 1.807) is 20.8 Å². The molecule has 0 radical (unpaired) electrons. The third kappa shape index (κ3) is 3.06. The summed E-state index contributed by atoms with van der Waals surface area (Å²) in [5.74, 6) is 0.953. The Hall–Kier alpha value is -1.37. The minimum absolute atomic E-state index is 0.267. The van der Waals surface area contributed by atoms with E-state index in [1.165, 1.54) is 12.6 Å². The number of rotatable bonds is 4. The third-order valence-corrected chi connectivity index (χ3v) is 4.96. The second-order valence-corrected chi connectivity index (χ2v) is 7.27. The predicted molar refractivity (Wildman–Crippen MR) is 68.6 cm³/mol. The standard InChI is InChI=1S/C10H18N4O2S/c1-7-8(11)13-6-14-9(7)12-5-10(2,3)17(4,15)16/h6H,5H2,1-4H3,(H3,11,12,13,14). The summed E-state index contributed by atoms with van der Waals surface area (Å²) < 4.78 is 22.2. The Morgan fingerprint density at radius 1 is 1.41 bits per heavy atom. The van der Waals surface area contributed by atoms with E-state index in [4.69, 9.17) is 5.73 Å². The molecular weight excluding hydrogens is 240 g/mol. The first-order valence-corrected chi connectivity index (χ1v) is 7.05. The van der Waals surface area contributed by atoms with Crippen molar-refractivity contribution in [1.82, 2.24) is 9.97 Å². The van der Waals surface area contributed by atoms with Gasteiger partial charge in [-0.2, -0.15) is 0 Å². The van der Waals surface area contributed by atoms with Crippen LogP contribution in [0.3, 0.4) is 0 Å². The van der Waals surface area contributed by atoms with Gasteiger partial charge in [0.1, 0.15) is 18.0 Å². The van der Waals surface area contributed by atoms with Gasteiger partial charge in [0.15, 0.2) is 9.84 Å². The van der Waals surface area contributed by atoms with Crippen LogP contribution in [0, 0.1) is 6.92 Å². The first-order chi connectivity index (χ1) is 7.65. The van der Waals surface area contributed by atoms with E-state index >= 15 is 0 Å². The number of anilines is 2. The van der Waals surface area contributed by atoms with Gasteiger partial charge in [-0.05, 0) is 20.8 Å². The molecule has 0 spiro atoms. The molecule has 0 amide bonds. The number of nitrogen functional groups attached to an aromatic ring is 1. The highest BCUT2D eigenvalue weighted by molar-refractivity contribution is 7.92. The molecule has 0 bridgehead atoms. The lowest BCUT2D eigenvalue weighted by Gasteiger charge is -2.23. The second kappa shape index (κ2) is 4.48. The van der Waals surface area contributed by atoms with Crippen LogP contribution in [0.5, 0.6) is 0 Å². The maximum Gasteiger partial charge on any atom is 0.154 e. The summed E-state index contributed by atoms with van der Waals surface area (Å²) in [5, 5.41) is 2.99. The molecule has 0 saturated heterocycles. The Morgan fingerprint density at radius 3 is 2.53 bits per heavy atom. The van der Waals surface area contributed by atoms with Crippen molar-refractivity contribution in [2.24, 2.45) is 0 Å². The molecule has 6 nitrogen and oxygen atoms in total. The highest BCUT2D eigenvalue weighted by atomic mass is 32.2. The fourth-order valence-corrected chi connectivity index (χ4v) is 1.40. The molecule has 1 aromatic rings. The summed E-state index contributed by atoms with van der Waals surface area (Å²) in [4.78, 5) is 7.87. The van der Waals surface area contributed by atoms with Gasteiger partial charge in [-0.1, -0.05) is 0 Å². The number of nitrogens with two attached hydrogens (primary N) is 1. The van der Waals surface area contributed by atoms with Crippen LogP contribution in [-0.4, -0.2) is 35.9 Å². The normalized spacial score (nSPS) is 12.5. The maximum atomic E-state index is 11.5. The Kier molecular flexibility index (Phi) is 3.61. The molecule has 17 heavy (non-hydrogen) atoms. The Balaban J connectivity index is 2.85. The molecule has 0 aliphatic carbocycles. The largest absolute Gasteiger partial charge is 0.383 e. The van der Waals surface area contributed by atoms with Gasteiger partial charge in [-0.3, -0.25) is 0 Å². The van der Waals surface area contributed by atoms with Crippen molar-refractivity contribution in [3.63, 3.8) is 0 Å². The summed E-state index contributed by atoms with van der Waals surface area (Å²) in [5.41, 5.74) is 6.36. The molecule has 7 heteroatoms. The lowest BCUT2D eigenvalue weighted by atomic mass is 10.2. The smallest absolute Gasteiger partial charge is 0.154 e. The van der Waals surface area contributed by atoms with Crippen LogP contribution in [0.25, 0.3) is 0 Å². The van der Waals surface area contributed by atoms with Crippen molar-refractivity contribution in [1.29, 1.82) is 0 Å². The van der Waals surface area contributed by atoms with E-state index in [1.807, 2.05) is 0 Å². The fourth-order valence-electron chi connectivity index (χ4n) is 1.07. The molecule has 0 fully saturated rings. The number of nitrogens with zero attached hydrogens (tertiary/aromatic N) is 2. The van der Waals surface area contributed by atoms with Crippen LogP contribution in [0.15, 0.2) is 6.33 Å². The second-order valence-electron chi connectivity index (χ2n) is 4.62. The van der Waals surface area contributed by atoms with Crippen molar-refractivity contribution in [2.75, 3.05) is 23.9 Å². The van der Waals surface area contributed by atoms with Gasteiger partial charge >= 0.3 is 0 Å². The summed E-state index contributed by atoms with van der Waals surface area (Å²) in [6.07, 6.45) is 2.56. The van der Waals surface area contributed by atoms with Gasteiger partial charge in [-0.25, -0.2) is 18.4 Å². The Labute approximate surface area is 102 Å². The Bertz CT molecular complexity index is 511. The Morgan fingerprint density at radius 2 is 2.00 bits per heavy atom. The van der Waals surface area contributed by atoms with Crippen LogP contribution >= 0.6 is 0 Å². The van der Waals surface area contributed by atoms with E-state index in [0.29, 0.717) is 11.6 Å². The van der Waals surface area contributed by atoms with E-state index < -0.39 is 14.6 Å². The lowest BCUT2D eigenvalue weighted by Crippen LogP contribution is -2.38. The van der Waals surface area contributed by atoms with E-state index in [2.05, 4.69) is 15.3 Å². The van der Waals surface area contributed by atoms with E-state index in [0.717, 1.165) is 5.56 Å². The SMILES string of the molecule is Cc1c(N)ncnc1NCC(C)(C)S(C)(=O)=O. The summed E-state index contributed by atoms with van der Waals surface area (Å²) in [6.45, 7) is 5.37. The van der Waals surface area contributed by atoms with Gasteiger partial charge in [0.05, 0.1) is 4.75 Å². The number of hydrogen-bond donors (Lipinski definition) is 2. The van der Waals surface area contributed by atoms with E-state index in [9.17, 15) is 8.42 Å². The number of hydrogen-bond acceptors (Lipinski definition) is 6. The minimum Gasteiger partial charge on any atom is -0.383 e. The summed E-state index contributed by atoms with van der Waals surface area (Å²) >= 11 is 0. The molecule has 0 aromatic carbocycles. The van der Waals surface area contributed by atoms with Gasteiger partial charge in [0, 0.05) is 18.4 Å². The molecule has 1 rings (SSSR count). The highest BCUT2D eigenvalue weighted by Crippen LogP contribution is 2.19. The molecule has 0 atom stereocenters. The monoisotopic (exact) mass is 258 g/mol. The topological polar surface area (TPSA) is 98.0 Å². The predicted octanol–water partition coefficient (Wildman–Crippen LogP) is 0.602. The zero-order valence-corrected chi connectivity index (χ0v) is 11.3. The highest BCUT2D eigenvalue weighted by Gasteiger charge is 2.30. The number of sulfone groups is 1. The number of aromatic nitrogens is 2. The third-order valence-electron chi connectivity index (χ3n) is 2.81. The van der Waals surface area contributed by atoms with Gasteiger partial charge in [0.2, 0.25) is 0 Å². The average molecular weight is 258 g/mol. The lowest BCUT2D eigenvalue weighted by molar-refractivity contribution is 0.559. The first kappa shape index (κ1) is 13.7. The molecular formula is C10H18N4O2S. The minimum atomic E-state index is -3.13.